The molecule has 1 heterocycles. The molecule has 0 aliphatic rings. The highest BCUT2D eigenvalue weighted by molar-refractivity contribution is 5.85. The molecule has 2 unspecified atom stereocenters. The predicted molar refractivity (Wildman–Crippen MR) is 69.8 cm³/mol. The molecule has 0 aliphatic heterocycles. The highest BCUT2D eigenvalue weighted by Crippen LogP contribution is 2.27. The van der Waals surface area contributed by atoms with Gasteiger partial charge in [-0.05, 0) is 30.8 Å². The molecule has 0 saturated heterocycles. The Morgan fingerprint density at radius 1 is 1.29 bits per heavy atom. The van der Waals surface area contributed by atoms with Crippen LogP contribution in [0.3, 0.4) is 0 Å². The molecule has 3 nitrogen and oxygen atoms in total. The molecule has 2 rings (SSSR count). The van der Waals surface area contributed by atoms with E-state index in [0.717, 1.165) is 10.9 Å². The average molecular weight is 230 g/mol. The average Bonchev–Trinajstić information content (AvgIpc) is 2.35. The van der Waals surface area contributed by atoms with Gasteiger partial charge in [-0.2, -0.15) is 0 Å². The Balaban J connectivity index is 2.46. The van der Waals surface area contributed by atoms with Gasteiger partial charge in [0, 0.05) is 23.7 Å². The molecule has 0 aliphatic carbocycles. The Morgan fingerprint density at radius 3 is 2.76 bits per heavy atom. The van der Waals surface area contributed by atoms with E-state index in [-0.39, 0.29) is 12.0 Å². The van der Waals surface area contributed by atoms with Crippen LogP contribution in [-0.2, 0) is 0 Å². The minimum absolute atomic E-state index is 0.161. The van der Waals surface area contributed by atoms with Crippen molar-refractivity contribution in [2.45, 2.75) is 25.4 Å². The Bertz CT molecular complexity index is 491. The van der Waals surface area contributed by atoms with Crippen LogP contribution in [0.2, 0.25) is 0 Å². The zero-order chi connectivity index (χ0) is 12.3. The lowest BCUT2D eigenvalue weighted by molar-refractivity contribution is 0.175. The molecule has 0 spiro atoms. The number of nitrogens with two attached hydrogens (primary N) is 1. The third-order valence-corrected chi connectivity index (χ3v) is 3.05. The van der Waals surface area contributed by atoms with Gasteiger partial charge in [0.25, 0.3) is 0 Å². The molecule has 2 atom stereocenters. The number of pyridine rings is 1. The second kappa shape index (κ2) is 5.25. The lowest BCUT2D eigenvalue weighted by atomic mass is 9.91. The monoisotopic (exact) mass is 230 g/mol. The molecule has 0 fully saturated rings. The van der Waals surface area contributed by atoms with Crippen LogP contribution in [0.25, 0.3) is 10.8 Å². The quantitative estimate of drug-likeness (QED) is 0.845. The number of hydrogen-bond acceptors (Lipinski definition) is 3. The van der Waals surface area contributed by atoms with E-state index in [2.05, 4.69) is 11.1 Å². The van der Waals surface area contributed by atoms with Crippen LogP contribution in [0.15, 0.2) is 36.7 Å². The van der Waals surface area contributed by atoms with Crippen molar-refractivity contribution in [2.75, 3.05) is 6.54 Å². The van der Waals surface area contributed by atoms with Gasteiger partial charge in [0.1, 0.15) is 0 Å². The van der Waals surface area contributed by atoms with Gasteiger partial charge in [0.15, 0.2) is 0 Å². The minimum atomic E-state index is -0.345. The number of fused-ring (bicyclic) bond motifs is 1. The molecule has 0 amide bonds. The first-order valence-corrected chi connectivity index (χ1v) is 5.93. The summed E-state index contributed by atoms with van der Waals surface area (Å²) in [6, 6.07) is 8.14. The van der Waals surface area contributed by atoms with Crippen LogP contribution >= 0.6 is 0 Å². The molecule has 90 valence electrons. The van der Waals surface area contributed by atoms with Gasteiger partial charge in [-0.15, -0.1) is 0 Å². The Labute approximate surface area is 101 Å². The molecule has 3 heteroatoms. The fourth-order valence-electron chi connectivity index (χ4n) is 2.23. The Kier molecular flexibility index (Phi) is 3.71. The van der Waals surface area contributed by atoms with E-state index in [4.69, 9.17) is 5.73 Å². The van der Waals surface area contributed by atoms with Gasteiger partial charge < -0.3 is 10.8 Å². The molecule has 0 radical (unpaired) electrons. The van der Waals surface area contributed by atoms with Crippen LogP contribution in [0.4, 0.5) is 0 Å². The van der Waals surface area contributed by atoms with E-state index in [9.17, 15) is 5.11 Å². The summed E-state index contributed by atoms with van der Waals surface area (Å²) in [6.45, 7) is 2.32. The number of hydrogen-bond donors (Lipinski definition) is 2. The number of nitrogens with zero attached hydrogens (tertiary/aromatic N) is 1. The smallest absolute Gasteiger partial charge is 0.0518 e. The summed E-state index contributed by atoms with van der Waals surface area (Å²) >= 11 is 0. The van der Waals surface area contributed by atoms with Crippen molar-refractivity contribution < 1.29 is 5.11 Å². The lowest BCUT2D eigenvalue weighted by Gasteiger charge is -2.18. The molecule has 2 aromatic rings. The first-order valence-electron chi connectivity index (χ1n) is 5.93. The molecule has 3 N–H and O–H groups in total. The van der Waals surface area contributed by atoms with Crippen molar-refractivity contribution in [3.63, 3.8) is 0 Å². The number of aliphatic hydroxyl groups excluding tert-OH is 1. The second-order valence-corrected chi connectivity index (χ2v) is 4.47. The van der Waals surface area contributed by atoms with E-state index in [1.165, 1.54) is 5.39 Å². The standard InChI is InChI=1S/C14H18N2O/c1-10(17)6-12(7-15)14-9-16-8-11-4-2-3-5-13(11)14/h2-5,8-10,12,17H,6-7,15H2,1H3. The van der Waals surface area contributed by atoms with Crippen molar-refractivity contribution in [3.05, 3.63) is 42.2 Å². The molecule has 1 aromatic carbocycles. The van der Waals surface area contributed by atoms with Gasteiger partial charge in [-0.1, -0.05) is 24.3 Å². The van der Waals surface area contributed by atoms with E-state index in [1.54, 1.807) is 6.92 Å². The van der Waals surface area contributed by atoms with Crippen molar-refractivity contribution in [1.82, 2.24) is 4.98 Å². The van der Waals surface area contributed by atoms with Crippen molar-refractivity contribution in [1.29, 1.82) is 0 Å². The summed E-state index contributed by atoms with van der Waals surface area (Å²) in [5, 5.41) is 11.8. The third-order valence-electron chi connectivity index (χ3n) is 3.05. The maximum absolute atomic E-state index is 9.51. The topological polar surface area (TPSA) is 59.1 Å². The van der Waals surface area contributed by atoms with Crippen LogP contribution in [-0.4, -0.2) is 22.7 Å². The molecule has 1 aromatic heterocycles. The summed E-state index contributed by atoms with van der Waals surface area (Å²) in [5.41, 5.74) is 6.94. The summed E-state index contributed by atoms with van der Waals surface area (Å²) in [4.78, 5) is 4.25. The number of aromatic nitrogens is 1. The van der Waals surface area contributed by atoms with Crippen LogP contribution in [0.5, 0.6) is 0 Å². The van der Waals surface area contributed by atoms with Crippen LogP contribution in [0.1, 0.15) is 24.8 Å². The van der Waals surface area contributed by atoms with Gasteiger partial charge >= 0.3 is 0 Å². The van der Waals surface area contributed by atoms with Gasteiger partial charge in [0.05, 0.1) is 6.10 Å². The zero-order valence-electron chi connectivity index (χ0n) is 10.0. The van der Waals surface area contributed by atoms with Crippen LogP contribution < -0.4 is 5.73 Å². The molecule has 0 saturated carbocycles. The molecular weight excluding hydrogens is 212 g/mol. The Morgan fingerprint density at radius 2 is 2.06 bits per heavy atom. The number of aliphatic hydroxyl groups is 1. The summed E-state index contributed by atoms with van der Waals surface area (Å²) in [7, 11) is 0. The minimum Gasteiger partial charge on any atom is -0.393 e. The fourth-order valence-corrected chi connectivity index (χ4v) is 2.23. The maximum Gasteiger partial charge on any atom is 0.0518 e. The normalized spacial score (nSPS) is 14.8. The largest absolute Gasteiger partial charge is 0.393 e. The van der Waals surface area contributed by atoms with Crippen LogP contribution in [0, 0.1) is 0 Å². The molecule has 0 bridgehead atoms. The third kappa shape index (κ3) is 2.62. The SMILES string of the molecule is CC(O)CC(CN)c1cncc2ccccc12. The van der Waals surface area contributed by atoms with E-state index in [0.29, 0.717) is 13.0 Å². The zero-order valence-corrected chi connectivity index (χ0v) is 10.0. The first kappa shape index (κ1) is 12.0. The van der Waals surface area contributed by atoms with E-state index < -0.39 is 0 Å². The lowest BCUT2D eigenvalue weighted by Crippen LogP contribution is -2.18. The number of rotatable bonds is 4. The highest BCUT2D eigenvalue weighted by Gasteiger charge is 2.15. The fraction of sp³-hybridized carbons (Fsp3) is 0.357. The van der Waals surface area contributed by atoms with Crippen molar-refractivity contribution >= 4 is 10.8 Å². The van der Waals surface area contributed by atoms with Gasteiger partial charge in [-0.25, -0.2) is 0 Å². The highest BCUT2D eigenvalue weighted by atomic mass is 16.3. The second-order valence-electron chi connectivity index (χ2n) is 4.47. The number of benzene rings is 1. The van der Waals surface area contributed by atoms with E-state index in [1.807, 2.05) is 30.6 Å². The Hall–Kier alpha value is -1.45. The maximum atomic E-state index is 9.51. The predicted octanol–water partition coefficient (Wildman–Crippen LogP) is 2.05. The summed E-state index contributed by atoms with van der Waals surface area (Å²) < 4.78 is 0. The van der Waals surface area contributed by atoms with E-state index >= 15 is 0 Å². The van der Waals surface area contributed by atoms with Gasteiger partial charge in [0.2, 0.25) is 0 Å². The first-order chi connectivity index (χ1) is 8.22. The van der Waals surface area contributed by atoms with Crippen molar-refractivity contribution in [3.8, 4) is 0 Å². The van der Waals surface area contributed by atoms with Gasteiger partial charge in [-0.3, -0.25) is 4.98 Å². The molecular formula is C14H18N2O. The molecule has 17 heavy (non-hydrogen) atoms. The summed E-state index contributed by atoms with van der Waals surface area (Å²) in [6.07, 6.45) is 4.05. The van der Waals surface area contributed by atoms with Crippen molar-refractivity contribution in [2.24, 2.45) is 5.73 Å². The summed E-state index contributed by atoms with van der Waals surface area (Å²) in [5.74, 6) is 0.161.